The number of halogens is 6. The first-order valence-electron chi connectivity index (χ1n) is 6.59. The maximum atomic E-state index is 13.2. The minimum Gasteiger partial charge on any atom is -0.444 e. The van der Waals surface area contributed by atoms with Gasteiger partial charge in [-0.05, 0) is 5.56 Å². The SMILES string of the molecule is CN1C(=O)/C(=C\C(F)(F)F)OC(C(F)(F)F)=C1Cc1ccccc1. The summed E-state index contributed by atoms with van der Waals surface area (Å²) < 4.78 is 81.0. The Balaban J connectivity index is 2.51. The Morgan fingerprint density at radius 2 is 1.67 bits per heavy atom. The first-order valence-corrected chi connectivity index (χ1v) is 6.59. The predicted molar refractivity (Wildman–Crippen MR) is 71.2 cm³/mol. The first kappa shape index (κ1) is 17.9. The third kappa shape index (κ3) is 4.09. The molecule has 3 nitrogen and oxygen atoms in total. The van der Waals surface area contributed by atoms with Crippen LogP contribution >= 0.6 is 0 Å². The van der Waals surface area contributed by atoms with Gasteiger partial charge in [0, 0.05) is 13.5 Å². The second-order valence-electron chi connectivity index (χ2n) is 4.95. The van der Waals surface area contributed by atoms with Gasteiger partial charge in [0.05, 0.1) is 11.8 Å². The highest BCUT2D eigenvalue weighted by Crippen LogP contribution is 2.37. The number of benzene rings is 1. The van der Waals surface area contributed by atoms with Crippen molar-refractivity contribution in [1.82, 2.24) is 4.90 Å². The van der Waals surface area contributed by atoms with Gasteiger partial charge in [0.1, 0.15) is 0 Å². The predicted octanol–water partition coefficient (Wildman–Crippen LogP) is 3.94. The number of hydrogen-bond acceptors (Lipinski definition) is 2. The van der Waals surface area contributed by atoms with Crippen molar-refractivity contribution in [3.05, 3.63) is 59.2 Å². The zero-order valence-corrected chi connectivity index (χ0v) is 12.2. The standard InChI is InChI=1S/C15H11F6NO2/c1-22-10(7-9-5-3-2-4-6-9)12(15(19,20)21)24-11(13(22)23)8-14(16,17)18/h2-6,8H,7H2,1H3/b11-8+. The summed E-state index contributed by atoms with van der Waals surface area (Å²) in [5, 5.41) is 0. The molecule has 9 heteroatoms. The molecule has 0 N–H and O–H groups in total. The quantitative estimate of drug-likeness (QED) is 0.597. The van der Waals surface area contributed by atoms with E-state index in [1.165, 1.54) is 12.1 Å². The Labute approximate surface area is 132 Å². The van der Waals surface area contributed by atoms with Crippen LogP contribution in [0.1, 0.15) is 5.56 Å². The number of allylic oxidation sites excluding steroid dienone is 3. The van der Waals surface area contributed by atoms with Crippen molar-refractivity contribution in [3.8, 4) is 0 Å². The summed E-state index contributed by atoms with van der Waals surface area (Å²) in [4.78, 5) is 12.4. The third-order valence-electron chi connectivity index (χ3n) is 3.16. The smallest absolute Gasteiger partial charge is 0.444 e. The van der Waals surface area contributed by atoms with E-state index in [-0.39, 0.29) is 6.42 Å². The van der Waals surface area contributed by atoms with Crippen LogP contribution in [0.5, 0.6) is 0 Å². The van der Waals surface area contributed by atoms with Gasteiger partial charge in [0.2, 0.25) is 5.76 Å². The van der Waals surface area contributed by atoms with Crippen LogP contribution < -0.4 is 0 Å². The van der Waals surface area contributed by atoms with Crippen molar-refractivity contribution in [2.45, 2.75) is 18.8 Å². The highest BCUT2D eigenvalue weighted by Gasteiger charge is 2.46. The topological polar surface area (TPSA) is 29.5 Å². The lowest BCUT2D eigenvalue weighted by Gasteiger charge is -2.31. The van der Waals surface area contributed by atoms with Crippen LogP contribution in [0.25, 0.3) is 0 Å². The van der Waals surface area contributed by atoms with E-state index in [2.05, 4.69) is 4.74 Å². The maximum absolute atomic E-state index is 13.2. The third-order valence-corrected chi connectivity index (χ3v) is 3.16. The molecule has 0 fully saturated rings. The molecule has 0 aliphatic carbocycles. The zero-order chi connectivity index (χ0) is 18.1. The molecule has 0 saturated carbocycles. The molecule has 1 aromatic rings. The normalized spacial score (nSPS) is 18.2. The van der Waals surface area contributed by atoms with E-state index in [0.717, 1.165) is 7.05 Å². The van der Waals surface area contributed by atoms with Crippen LogP contribution in [-0.2, 0) is 16.0 Å². The first-order chi connectivity index (χ1) is 11.0. The van der Waals surface area contributed by atoms with Crippen molar-refractivity contribution < 1.29 is 35.9 Å². The van der Waals surface area contributed by atoms with E-state index in [0.29, 0.717) is 10.5 Å². The van der Waals surface area contributed by atoms with E-state index in [9.17, 15) is 31.1 Å². The van der Waals surface area contributed by atoms with Gasteiger partial charge in [-0.25, -0.2) is 0 Å². The molecule has 1 aliphatic heterocycles. The summed E-state index contributed by atoms with van der Waals surface area (Å²) in [6.45, 7) is 0. The largest absolute Gasteiger partial charge is 0.451 e. The number of amides is 1. The van der Waals surface area contributed by atoms with Gasteiger partial charge in [0.15, 0.2) is 5.76 Å². The molecule has 0 bridgehead atoms. The van der Waals surface area contributed by atoms with Gasteiger partial charge in [-0.3, -0.25) is 4.79 Å². The van der Waals surface area contributed by atoms with E-state index in [4.69, 9.17) is 0 Å². The molecular weight excluding hydrogens is 340 g/mol. The van der Waals surface area contributed by atoms with Gasteiger partial charge < -0.3 is 9.64 Å². The molecule has 130 valence electrons. The molecule has 0 saturated heterocycles. The Bertz CT molecular complexity index is 688. The van der Waals surface area contributed by atoms with E-state index >= 15 is 0 Å². The molecule has 1 amide bonds. The van der Waals surface area contributed by atoms with Crippen LogP contribution in [-0.4, -0.2) is 30.2 Å². The highest BCUT2D eigenvalue weighted by molar-refractivity contribution is 5.94. The van der Waals surface area contributed by atoms with Crippen molar-refractivity contribution in [2.75, 3.05) is 7.05 Å². The Morgan fingerprint density at radius 3 is 2.17 bits per heavy atom. The zero-order valence-electron chi connectivity index (χ0n) is 12.2. The molecule has 24 heavy (non-hydrogen) atoms. The average molecular weight is 351 g/mol. The lowest BCUT2D eigenvalue weighted by Crippen LogP contribution is -2.38. The average Bonchev–Trinajstić information content (AvgIpc) is 2.45. The second-order valence-corrected chi connectivity index (χ2v) is 4.95. The van der Waals surface area contributed by atoms with E-state index in [1.54, 1.807) is 18.2 Å². The Kier molecular flexibility index (Phi) is 4.63. The summed E-state index contributed by atoms with van der Waals surface area (Å²) >= 11 is 0. The number of carbonyl (C=O) groups excluding carboxylic acids is 1. The lowest BCUT2D eigenvalue weighted by molar-refractivity contribution is -0.147. The molecule has 0 spiro atoms. The number of rotatable bonds is 2. The molecule has 2 rings (SSSR count). The summed E-state index contributed by atoms with van der Waals surface area (Å²) in [5.74, 6) is -4.36. The van der Waals surface area contributed by atoms with Crippen molar-refractivity contribution in [3.63, 3.8) is 0 Å². The molecule has 1 aromatic carbocycles. The fourth-order valence-electron chi connectivity index (χ4n) is 2.10. The molecule has 0 unspecified atom stereocenters. The fraction of sp³-hybridized carbons (Fsp3) is 0.267. The number of hydrogen-bond donors (Lipinski definition) is 0. The summed E-state index contributed by atoms with van der Waals surface area (Å²) in [6.07, 6.45) is -10.9. The maximum Gasteiger partial charge on any atom is 0.451 e. The van der Waals surface area contributed by atoms with Crippen LogP contribution in [0, 0.1) is 0 Å². The number of alkyl halides is 6. The fourth-order valence-corrected chi connectivity index (χ4v) is 2.10. The van der Waals surface area contributed by atoms with Gasteiger partial charge in [-0.15, -0.1) is 0 Å². The summed E-state index contributed by atoms with van der Waals surface area (Å²) in [7, 11) is 0.971. The van der Waals surface area contributed by atoms with Gasteiger partial charge >= 0.3 is 12.4 Å². The van der Waals surface area contributed by atoms with Crippen molar-refractivity contribution in [2.24, 2.45) is 0 Å². The van der Waals surface area contributed by atoms with Crippen molar-refractivity contribution in [1.29, 1.82) is 0 Å². The molecule has 0 atom stereocenters. The number of likely N-dealkylation sites (N-methyl/N-ethyl adjacent to an activating group) is 1. The van der Waals surface area contributed by atoms with Crippen molar-refractivity contribution >= 4 is 5.91 Å². The summed E-state index contributed by atoms with van der Waals surface area (Å²) in [6, 6.07) is 7.88. The highest BCUT2D eigenvalue weighted by atomic mass is 19.4. The van der Waals surface area contributed by atoms with Gasteiger partial charge in [-0.2, -0.15) is 26.3 Å². The minimum atomic E-state index is -5.05. The molecule has 1 heterocycles. The van der Waals surface area contributed by atoms with E-state index in [1.807, 2.05) is 0 Å². The molecule has 1 aliphatic rings. The van der Waals surface area contributed by atoms with Crippen LogP contribution in [0.15, 0.2) is 53.6 Å². The number of carbonyl (C=O) groups is 1. The Morgan fingerprint density at radius 1 is 1.08 bits per heavy atom. The van der Waals surface area contributed by atoms with Gasteiger partial charge in [-0.1, -0.05) is 30.3 Å². The molecular formula is C15H11F6NO2. The number of nitrogens with zero attached hydrogens (tertiary/aromatic N) is 1. The second kappa shape index (κ2) is 6.21. The molecule has 0 radical (unpaired) electrons. The van der Waals surface area contributed by atoms with Crippen LogP contribution in [0.2, 0.25) is 0 Å². The van der Waals surface area contributed by atoms with Crippen LogP contribution in [0.3, 0.4) is 0 Å². The van der Waals surface area contributed by atoms with Gasteiger partial charge in [0.25, 0.3) is 5.91 Å². The lowest BCUT2D eigenvalue weighted by atomic mass is 10.1. The van der Waals surface area contributed by atoms with Crippen LogP contribution in [0.4, 0.5) is 26.3 Å². The van der Waals surface area contributed by atoms with E-state index < -0.39 is 41.6 Å². The Hall–Kier alpha value is -2.45. The monoisotopic (exact) mass is 351 g/mol. The molecule has 0 aromatic heterocycles. The number of ether oxygens (including phenoxy) is 1. The summed E-state index contributed by atoms with van der Waals surface area (Å²) in [5.41, 5.74) is -0.112. The minimum absolute atomic E-state index is 0.322.